The van der Waals surface area contributed by atoms with Crippen molar-refractivity contribution in [3.63, 3.8) is 0 Å². The summed E-state index contributed by atoms with van der Waals surface area (Å²) in [6.07, 6.45) is 5.79. The minimum Gasteiger partial charge on any atom is -0.368 e. The second-order valence-electron chi connectivity index (χ2n) is 8.88. The molecule has 5 rings (SSSR count). The standard InChI is InChI=1S/C23H27FN8O2S/c1-15-13-30(8-9-31(15)14-35(33)34)17-10-20(24)29-21(11-17)32-7-4-19-18(16(32)2)12-27-23(28-19)22-25-5-3-6-26-22/h3,5-6,10-12,15-16,35H,4,7-9,13-14H2,1-2H3. The van der Waals surface area contributed by atoms with E-state index in [-0.39, 0.29) is 18.0 Å². The molecule has 35 heavy (non-hydrogen) atoms. The molecule has 0 radical (unpaired) electrons. The Bertz CT molecular complexity index is 1280. The maximum absolute atomic E-state index is 14.7. The van der Waals surface area contributed by atoms with Gasteiger partial charge in [-0.3, -0.25) is 4.90 Å². The Hall–Kier alpha value is -3.25. The molecule has 1 saturated heterocycles. The summed E-state index contributed by atoms with van der Waals surface area (Å²) in [5.41, 5.74) is 2.65. The zero-order valence-corrected chi connectivity index (χ0v) is 20.5. The van der Waals surface area contributed by atoms with E-state index in [1.807, 2.05) is 24.8 Å². The van der Waals surface area contributed by atoms with Crippen molar-refractivity contribution < 1.29 is 12.8 Å². The van der Waals surface area contributed by atoms with Gasteiger partial charge >= 0.3 is 0 Å². The first-order chi connectivity index (χ1) is 16.9. The van der Waals surface area contributed by atoms with Crippen molar-refractivity contribution >= 4 is 22.2 Å². The number of hydrogen-bond acceptors (Lipinski definition) is 10. The number of nitrogens with zero attached hydrogens (tertiary/aromatic N) is 8. The molecule has 5 heterocycles. The van der Waals surface area contributed by atoms with Crippen molar-refractivity contribution in [3.8, 4) is 11.6 Å². The molecule has 2 aliphatic heterocycles. The zero-order chi connectivity index (χ0) is 24.5. The van der Waals surface area contributed by atoms with Crippen molar-refractivity contribution in [1.82, 2.24) is 29.8 Å². The van der Waals surface area contributed by atoms with Crippen LogP contribution in [0.2, 0.25) is 0 Å². The fourth-order valence-corrected chi connectivity index (χ4v) is 5.50. The highest BCUT2D eigenvalue weighted by atomic mass is 32.2. The fraction of sp³-hybridized carbons (Fsp3) is 0.435. The lowest BCUT2D eigenvalue weighted by atomic mass is 9.99. The minimum absolute atomic E-state index is 0.0389. The first-order valence-electron chi connectivity index (χ1n) is 11.6. The Labute approximate surface area is 204 Å². The smallest absolute Gasteiger partial charge is 0.216 e. The largest absolute Gasteiger partial charge is 0.368 e. The molecule has 3 aromatic rings. The van der Waals surface area contributed by atoms with Gasteiger partial charge in [0.2, 0.25) is 5.95 Å². The fourth-order valence-electron chi connectivity index (χ4n) is 4.79. The van der Waals surface area contributed by atoms with Gasteiger partial charge in [0.15, 0.2) is 22.4 Å². The first-order valence-corrected chi connectivity index (χ1v) is 12.9. The Morgan fingerprint density at radius 1 is 1.03 bits per heavy atom. The summed E-state index contributed by atoms with van der Waals surface area (Å²) in [4.78, 5) is 27.9. The lowest BCUT2D eigenvalue weighted by Gasteiger charge is -2.40. The van der Waals surface area contributed by atoms with Gasteiger partial charge in [-0.25, -0.2) is 33.3 Å². The van der Waals surface area contributed by atoms with Gasteiger partial charge in [0, 0.05) is 80.6 Å². The van der Waals surface area contributed by atoms with Gasteiger partial charge in [-0.05, 0) is 19.9 Å². The average molecular weight is 499 g/mol. The van der Waals surface area contributed by atoms with E-state index in [1.165, 1.54) is 6.07 Å². The molecular weight excluding hydrogens is 471 g/mol. The summed E-state index contributed by atoms with van der Waals surface area (Å²) in [5, 5.41) is 0. The van der Waals surface area contributed by atoms with Crippen LogP contribution in [0.3, 0.4) is 0 Å². The number of piperazine rings is 1. The third kappa shape index (κ3) is 4.94. The Kier molecular flexibility index (Phi) is 6.56. The van der Waals surface area contributed by atoms with Gasteiger partial charge in [0.1, 0.15) is 5.82 Å². The van der Waals surface area contributed by atoms with E-state index in [9.17, 15) is 12.8 Å². The van der Waals surface area contributed by atoms with Crippen LogP contribution in [-0.4, -0.2) is 76.3 Å². The van der Waals surface area contributed by atoms with E-state index in [0.29, 0.717) is 50.1 Å². The van der Waals surface area contributed by atoms with E-state index in [1.54, 1.807) is 24.7 Å². The van der Waals surface area contributed by atoms with Crippen LogP contribution in [0.15, 0.2) is 36.8 Å². The highest BCUT2D eigenvalue weighted by molar-refractivity contribution is 7.72. The van der Waals surface area contributed by atoms with Crippen molar-refractivity contribution in [2.45, 2.75) is 32.4 Å². The molecule has 2 unspecified atom stereocenters. The van der Waals surface area contributed by atoms with Crippen LogP contribution in [0.1, 0.15) is 31.1 Å². The van der Waals surface area contributed by atoms with Crippen LogP contribution >= 0.6 is 0 Å². The molecular formula is C23H27FN8O2S. The number of hydrogen-bond donors (Lipinski definition) is 1. The molecule has 10 nitrogen and oxygen atoms in total. The number of rotatable bonds is 5. The normalized spacial score (nSPS) is 20.8. The highest BCUT2D eigenvalue weighted by Gasteiger charge is 2.29. The molecule has 0 amide bonds. The van der Waals surface area contributed by atoms with Gasteiger partial charge in [0.05, 0.1) is 17.6 Å². The summed E-state index contributed by atoms with van der Waals surface area (Å²) in [7, 11) is -2.47. The van der Waals surface area contributed by atoms with Crippen molar-refractivity contribution in [2.75, 3.05) is 41.9 Å². The van der Waals surface area contributed by atoms with Gasteiger partial charge in [-0.15, -0.1) is 0 Å². The number of fused-ring (bicyclic) bond motifs is 1. The van der Waals surface area contributed by atoms with E-state index in [0.717, 1.165) is 16.9 Å². The zero-order valence-electron chi connectivity index (χ0n) is 19.6. The Balaban J connectivity index is 1.37. The highest BCUT2D eigenvalue weighted by Crippen LogP contribution is 2.34. The first kappa shape index (κ1) is 23.5. The molecule has 12 heteroatoms. The maximum atomic E-state index is 14.7. The lowest BCUT2D eigenvalue weighted by Crippen LogP contribution is -2.52. The summed E-state index contributed by atoms with van der Waals surface area (Å²) >= 11 is 0. The van der Waals surface area contributed by atoms with Crippen LogP contribution in [0, 0.1) is 5.95 Å². The maximum Gasteiger partial charge on any atom is 0.216 e. The Morgan fingerprint density at radius 2 is 1.83 bits per heavy atom. The third-order valence-electron chi connectivity index (χ3n) is 6.66. The van der Waals surface area contributed by atoms with Gasteiger partial charge in [-0.2, -0.15) is 4.39 Å². The average Bonchev–Trinajstić information content (AvgIpc) is 2.85. The second kappa shape index (κ2) is 9.78. The van der Waals surface area contributed by atoms with Gasteiger partial charge < -0.3 is 9.80 Å². The molecule has 3 aromatic heterocycles. The molecule has 0 N–H and O–H groups in total. The van der Waals surface area contributed by atoms with Crippen LogP contribution in [0.5, 0.6) is 0 Å². The van der Waals surface area contributed by atoms with E-state index >= 15 is 0 Å². The van der Waals surface area contributed by atoms with Crippen LogP contribution in [0.25, 0.3) is 11.6 Å². The number of thiol groups is 1. The van der Waals surface area contributed by atoms with E-state index < -0.39 is 16.7 Å². The molecule has 0 saturated carbocycles. The molecule has 0 aliphatic carbocycles. The molecule has 0 spiro atoms. The lowest BCUT2D eigenvalue weighted by molar-refractivity contribution is 0.220. The van der Waals surface area contributed by atoms with Gasteiger partial charge in [0.25, 0.3) is 0 Å². The predicted molar refractivity (Wildman–Crippen MR) is 130 cm³/mol. The van der Waals surface area contributed by atoms with Crippen LogP contribution < -0.4 is 9.80 Å². The van der Waals surface area contributed by atoms with Crippen molar-refractivity contribution in [3.05, 3.63) is 54.0 Å². The molecule has 0 aromatic carbocycles. The predicted octanol–water partition coefficient (Wildman–Crippen LogP) is 1.67. The third-order valence-corrected chi connectivity index (χ3v) is 7.25. The molecule has 184 valence electrons. The molecule has 1 fully saturated rings. The monoisotopic (exact) mass is 498 g/mol. The summed E-state index contributed by atoms with van der Waals surface area (Å²) in [6, 6.07) is 5.05. The van der Waals surface area contributed by atoms with E-state index in [4.69, 9.17) is 4.98 Å². The number of aromatic nitrogens is 5. The number of anilines is 2. The van der Waals surface area contributed by atoms with Crippen molar-refractivity contribution in [1.29, 1.82) is 0 Å². The SMILES string of the molecule is CC1CN(c2cc(F)nc(N3CCc4nc(-c5ncccn5)ncc4C3C)c2)CCN1C[SH](=O)=O. The second-order valence-corrected chi connectivity index (χ2v) is 9.82. The van der Waals surface area contributed by atoms with E-state index in [2.05, 4.69) is 29.7 Å². The minimum atomic E-state index is -2.47. The van der Waals surface area contributed by atoms with Crippen LogP contribution in [0.4, 0.5) is 15.9 Å². The summed E-state index contributed by atoms with van der Waals surface area (Å²) < 4.78 is 36.9. The Morgan fingerprint density at radius 3 is 2.57 bits per heavy atom. The van der Waals surface area contributed by atoms with Gasteiger partial charge in [-0.1, -0.05) is 0 Å². The molecule has 2 aliphatic rings. The van der Waals surface area contributed by atoms with Crippen LogP contribution in [-0.2, 0) is 17.1 Å². The number of pyridine rings is 1. The topological polar surface area (TPSA) is 108 Å². The quantitative estimate of drug-likeness (QED) is 0.412. The summed E-state index contributed by atoms with van der Waals surface area (Å²) in [5.74, 6) is 1.04. The summed E-state index contributed by atoms with van der Waals surface area (Å²) in [6.45, 7) is 6.49. The van der Waals surface area contributed by atoms with Crippen molar-refractivity contribution in [2.24, 2.45) is 0 Å². The number of halogens is 1. The molecule has 0 bridgehead atoms. The molecule has 2 atom stereocenters.